The van der Waals surface area contributed by atoms with Gasteiger partial charge in [0.15, 0.2) is 0 Å². The third kappa shape index (κ3) is 5.03. The molecule has 1 aliphatic heterocycles. The van der Waals surface area contributed by atoms with Crippen LogP contribution in [-0.2, 0) is 0 Å². The predicted molar refractivity (Wildman–Crippen MR) is 131 cm³/mol. The van der Waals surface area contributed by atoms with Crippen molar-refractivity contribution in [2.45, 2.75) is 39.0 Å². The van der Waals surface area contributed by atoms with E-state index in [1.165, 1.54) is 0 Å². The van der Waals surface area contributed by atoms with Gasteiger partial charge in [-0.05, 0) is 74.4 Å². The molecule has 166 valence electrons. The van der Waals surface area contributed by atoms with Crippen LogP contribution in [0.2, 0.25) is 10.0 Å². The molecule has 0 fully saturated rings. The molecule has 3 aromatic rings. The second-order valence-electron chi connectivity index (χ2n) is 7.91. The summed E-state index contributed by atoms with van der Waals surface area (Å²) in [6, 6.07) is 21.3. The molecule has 2 atom stereocenters. The number of aliphatic imine (C=N–C) groups is 1. The molecule has 1 heterocycles. The lowest BCUT2D eigenvalue weighted by Crippen LogP contribution is -2.26. The number of nitrogens with one attached hydrogen (secondary N) is 1. The van der Waals surface area contributed by atoms with E-state index in [2.05, 4.69) is 5.32 Å². The Morgan fingerprint density at radius 1 is 0.906 bits per heavy atom. The Balaban J connectivity index is 1.78. The Bertz CT molecular complexity index is 1100. The Labute approximate surface area is 199 Å². The van der Waals surface area contributed by atoms with Crippen molar-refractivity contribution in [3.63, 3.8) is 0 Å². The van der Waals surface area contributed by atoms with Gasteiger partial charge in [-0.25, -0.2) is 0 Å². The summed E-state index contributed by atoms with van der Waals surface area (Å²) in [4.78, 5) is 5.10. The third-order valence-corrected chi connectivity index (χ3v) is 5.70. The van der Waals surface area contributed by atoms with Crippen molar-refractivity contribution in [3.8, 4) is 11.5 Å². The zero-order chi connectivity index (χ0) is 22.7. The fraction of sp³-hybridized carbons (Fsp3) is 0.269. The molecule has 0 amide bonds. The van der Waals surface area contributed by atoms with Crippen LogP contribution in [0.5, 0.6) is 11.5 Å². The van der Waals surface area contributed by atoms with Gasteiger partial charge in [0, 0.05) is 10.0 Å². The number of nitrogens with zero attached hydrogens (tertiary/aromatic N) is 1. The third-order valence-electron chi connectivity index (χ3n) is 5.20. The highest BCUT2D eigenvalue weighted by molar-refractivity contribution is 6.30. The van der Waals surface area contributed by atoms with Gasteiger partial charge in [0.2, 0.25) is 0 Å². The molecule has 6 heteroatoms. The number of hydrogen-bond donors (Lipinski definition) is 1. The van der Waals surface area contributed by atoms with E-state index in [9.17, 15) is 0 Å². The largest absolute Gasteiger partial charge is 0.494 e. The quantitative estimate of drug-likeness (QED) is 0.405. The lowest BCUT2D eigenvalue weighted by atomic mass is 9.95. The van der Waals surface area contributed by atoms with Crippen molar-refractivity contribution in [3.05, 3.63) is 93.5 Å². The molecule has 1 N–H and O–H groups in total. The SMILES string of the molecule is CCOc1ccc(OC(C)C)c(C2=NC(c3ccc(Cl)cc3)C(c3ccc(Cl)cc3)N2)c1. The normalized spacial score (nSPS) is 17.8. The molecule has 4 rings (SSSR count). The Morgan fingerprint density at radius 3 is 2.12 bits per heavy atom. The van der Waals surface area contributed by atoms with Crippen LogP contribution in [0.15, 0.2) is 71.7 Å². The van der Waals surface area contributed by atoms with Crippen molar-refractivity contribution in [2.75, 3.05) is 6.61 Å². The molecule has 3 aromatic carbocycles. The molecule has 0 spiro atoms. The van der Waals surface area contributed by atoms with Crippen LogP contribution in [0.25, 0.3) is 0 Å². The van der Waals surface area contributed by atoms with E-state index in [1.54, 1.807) is 0 Å². The number of rotatable bonds is 7. The first-order valence-electron chi connectivity index (χ1n) is 10.7. The first-order valence-corrected chi connectivity index (χ1v) is 11.5. The Hall–Kier alpha value is -2.69. The van der Waals surface area contributed by atoms with Gasteiger partial charge in [0.25, 0.3) is 0 Å². The molecule has 0 radical (unpaired) electrons. The van der Waals surface area contributed by atoms with Crippen LogP contribution < -0.4 is 14.8 Å². The average Bonchev–Trinajstić information content (AvgIpc) is 3.21. The molecule has 0 bridgehead atoms. The molecule has 0 saturated heterocycles. The molecule has 2 unspecified atom stereocenters. The topological polar surface area (TPSA) is 42.9 Å². The lowest BCUT2D eigenvalue weighted by molar-refractivity contribution is 0.241. The molecule has 4 nitrogen and oxygen atoms in total. The summed E-state index contributed by atoms with van der Waals surface area (Å²) in [7, 11) is 0. The van der Waals surface area contributed by atoms with Gasteiger partial charge in [-0.2, -0.15) is 0 Å². The van der Waals surface area contributed by atoms with Gasteiger partial charge in [0.05, 0.1) is 24.3 Å². The van der Waals surface area contributed by atoms with Gasteiger partial charge < -0.3 is 14.8 Å². The number of hydrogen-bond acceptors (Lipinski definition) is 4. The number of halogens is 2. The minimum atomic E-state index is -0.133. The molecule has 1 aliphatic rings. The van der Waals surface area contributed by atoms with Crippen LogP contribution in [0.3, 0.4) is 0 Å². The van der Waals surface area contributed by atoms with Crippen molar-refractivity contribution in [1.82, 2.24) is 5.32 Å². The first-order chi connectivity index (χ1) is 15.4. The van der Waals surface area contributed by atoms with E-state index >= 15 is 0 Å². The molecule has 0 saturated carbocycles. The van der Waals surface area contributed by atoms with Crippen LogP contribution >= 0.6 is 23.2 Å². The summed E-state index contributed by atoms with van der Waals surface area (Å²) in [5.74, 6) is 2.31. The summed E-state index contributed by atoms with van der Waals surface area (Å²) >= 11 is 12.3. The Morgan fingerprint density at radius 2 is 1.53 bits per heavy atom. The fourth-order valence-corrected chi connectivity index (χ4v) is 4.05. The minimum absolute atomic E-state index is 0.0350. The summed E-state index contributed by atoms with van der Waals surface area (Å²) in [6.45, 7) is 6.58. The van der Waals surface area contributed by atoms with Gasteiger partial charge >= 0.3 is 0 Å². The molecular weight excluding hydrogens is 443 g/mol. The van der Waals surface area contributed by atoms with Gasteiger partial charge in [0.1, 0.15) is 23.4 Å². The predicted octanol–water partition coefficient (Wildman–Crippen LogP) is 7.01. The lowest BCUT2D eigenvalue weighted by Gasteiger charge is -2.20. The zero-order valence-corrected chi connectivity index (χ0v) is 19.8. The van der Waals surface area contributed by atoms with Crippen LogP contribution in [-0.4, -0.2) is 18.5 Å². The summed E-state index contributed by atoms with van der Waals surface area (Å²) in [6.07, 6.45) is 0.0350. The number of amidine groups is 1. The van der Waals surface area contributed by atoms with Crippen molar-refractivity contribution >= 4 is 29.0 Å². The zero-order valence-electron chi connectivity index (χ0n) is 18.3. The highest BCUT2D eigenvalue weighted by Crippen LogP contribution is 2.39. The highest BCUT2D eigenvalue weighted by atomic mass is 35.5. The van der Waals surface area contributed by atoms with Gasteiger partial charge in [-0.3, -0.25) is 4.99 Å². The van der Waals surface area contributed by atoms with E-state index in [0.717, 1.165) is 34.0 Å². The van der Waals surface area contributed by atoms with Crippen LogP contribution in [0.4, 0.5) is 0 Å². The number of ether oxygens (including phenoxy) is 2. The van der Waals surface area contributed by atoms with Gasteiger partial charge in [-0.15, -0.1) is 0 Å². The van der Waals surface area contributed by atoms with Crippen molar-refractivity contribution in [2.24, 2.45) is 4.99 Å². The second kappa shape index (κ2) is 9.85. The van der Waals surface area contributed by atoms with Crippen molar-refractivity contribution < 1.29 is 9.47 Å². The monoisotopic (exact) mass is 468 g/mol. The van der Waals surface area contributed by atoms with Crippen LogP contribution in [0, 0.1) is 0 Å². The summed E-state index contributed by atoms with van der Waals surface area (Å²) in [5.41, 5.74) is 3.05. The molecule has 32 heavy (non-hydrogen) atoms. The molecule has 0 aliphatic carbocycles. The second-order valence-corrected chi connectivity index (χ2v) is 8.78. The maximum atomic E-state index is 6.14. The fourth-order valence-electron chi connectivity index (χ4n) is 3.79. The minimum Gasteiger partial charge on any atom is -0.494 e. The smallest absolute Gasteiger partial charge is 0.133 e. The Kier molecular flexibility index (Phi) is 6.92. The van der Waals surface area contributed by atoms with Crippen LogP contribution in [0.1, 0.15) is 49.5 Å². The van der Waals surface area contributed by atoms with E-state index in [-0.39, 0.29) is 18.2 Å². The number of benzene rings is 3. The van der Waals surface area contributed by atoms with Gasteiger partial charge in [-0.1, -0.05) is 47.5 Å². The molecular formula is C26H26Cl2N2O2. The maximum absolute atomic E-state index is 6.14. The summed E-state index contributed by atoms with van der Waals surface area (Å²) < 4.78 is 11.8. The van der Waals surface area contributed by atoms with E-state index < -0.39 is 0 Å². The van der Waals surface area contributed by atoms with E-state index in [0.29, 0.717) is 16.7 Å². The highest BCUT2D eigenvalue weighted by Gasteiger charge is 2.33. The first kappa shape index (κ1) is 22.5. The average molecular weight is 469 g/mol. The maximum Gasteiger partial charge on any atom is 0.133 e. The molecule has 0 aromatic heterocycles. The standard InChI is InChI=1S/C26H26Cl2N2O2/c1-4-31-21-13-14-23(32-16(2)3)22(15-21)26-29-24(17-5-9-19(27)10-6-17)25(30-26)18-7-11-20(28)12-8-18/h5-16,24-25H,4H2,1-3H3,(H,29,30). The summed E-state index contributed by atoms with van der Waals surface area (Å²) in [5, 5.41) is 5.03. The van der Waals surface area contributed by atoms with Crippen molar-refractivity contribution in [1.29, 1.82) is 0 Å². The van der Waals surface area contributed by atoms with E-state index in [1.807, 2.05) is 87.5 Å². The van der Waals surface area contributed by atoms with E-state index in [4.69, 9.17) is 37.7 Å².